The smallest absolute Gasteiger partial charge is 0.408 e. The summed E-state index contributed by atoms with van der Waals surface area (Å²) in [4.78, 5) is 34.9. The van der Waals surface area contributed by atoms with Crippen molar-refractivity contribution in [2.24, 2.45) is 0 Å². The van der Waals surface area contributed by atoms with E-state index in [4.69, 9.17) is 9.47 Å². The van der Waals surface area contributed by atoms with E-state index in [0.29, 0.717) is 0 Å². The Morgan fingerprint density at radius 1 is 0.905 bits per heavy atom. The van der Waals surface area contributed by atoms with Gasteiger partial charge in [-0.3, -0.25) is 9.59 Å². The number of amides is 1. The number of Topliss-reactive ketones (excluding diaryl/α,β-unsaturated/α-hetero) is 1. The van der Waals surface area contributed by atoms with Crippen molar-refractivity contribution in [3.63, 3.8) is 0 Å². The van der Waals surface area contributed by atoms with Crippen LogP contribution in [0.25, 0.3) is 0 Å². The SMILES string of the molecule is CC(NC(=O)OC(C)(C)C)C(=O)CCC(=O)OC(C)(C)C. The predicted octanol–water partition coefficient (Wildman–Crippen LogP) is 2.59. The summed E-state index contributed by atoms with van der Waals surface area (Å²) in [6.07, 6.45) is -0.636. The lowest BCUT2D eigenvalue weighted by atomic mass is 10.1. The van der Waals surface area contributed by atoms with Crippen LogP contribution in [0.2, 0.25) is 0 Å². The Morgan fingerprint density at radius 3 is 1.81 bits per heavy atom. The first-order valence-corrected chi connectivity index (χ1v) is 7.04. The summed E-state index contributed by atoms with van der Waals surface area (Å²) in [6.45, 7) is 12.1. The number of hydrogen-bond acceptors (Lipinski definition) is 5. The number of esters is 1. The Balaban J connectivity index is 4.17. The first-order chi connectivity index (χ1) is 9.30. The van der Waals surface area contributed by atoms with E-state index >= 15 is 0 Å². The van der Waals surface area contributed by atoms with E-state index in [9.17, 15) is 14.4 Å². The number of alkyl carbamates (subject to hydrolysis) is 1. The van der Waals surface area contributed by atoms with Crippen LogP contribution in [0.5, 0.6) is 0 Å². The average Bonchev–Trinajstić information content (AvgIpc) is 2.20. The Kier molecular flexibility index (Phi) is 6.86. The fourth-order valence-electron chi connectivity index (χ4n) is 1.40. The molecule has 0 heterocycles. The highest BCUT2D eigenvalue weighted by atomic mass is 16.6. The minimum Gasteiger partial charge on any atom is -0.460 e. The maximum absolute atomic E-state index is 11.8. The molecule has 0 aromatic carbocycles. The molecule has 0 saturated carbocycles. The van der Waals surface area contributed by atoms with Gasteiger partial charge >= 0.3 is 12.1 Å². The van der Waals surface area contributed by atoms with E-state index in [1.54, 1.807) is 48.5 Å². The van der Waals surface area contributed by atoms with Crippen LogP contribution in [0.3, 0.4) is 0 Å². The third kappa shape index (κ3) is 10.8. The van der Waals surface area contributed by atoms with Crippen molar-refractivity contribution in [2.45, 2.75) is 78.6 Å². The molecule has 0 aromatic rings. The summed E-state index contributed by atoms with van der Waals surface area (Å²) in [5, 5.41) is 2.45. The molecule has 0 rings (SSSR count). The van der Waals surface area contributed by atoms with Crippen molar-refractivity contribution in [1.29, 1.82) is 0 Å². The van der Waals surface area contributed by atoms with Crippen LogP contribution in [0.15, 0.2) is 0 Å². The molecule has 0 radical (unpaired) electrons. The Labute approximate surface area is 126 Å². The molecule has 0 aliphatic carbocycles. The summed E-state index contributed by atoms with van der Waals surface area (Å²) in [5.74, 6) is -0.674. The monoisotopic (exact) mass is 301 g/mol. The highest BCUT2D eigenvalue weighted by molar-refractivity contribution is 5.89. The largest absolute Gasteiger partial charge is 0.460 e. The van der Waals surface area contributed by atoms with Crippen LogP contribution in [0, 0.1) is 0 Å². The summed E-state index contributed by atoms with van der Waals surface area (Å²) >= 11 is 0. The molecule has 1 amide bonds. The first kappa shape index (κ1) is 19.4. The molecular formula is C15H27NO5. The van der Waals surface area contributed by atoms with Crippen LogP contribution < -0.4 is 5.32 Å². The van der Waals surface area contributed by atoms with Gasteiger partial charge in [0, 0.05) is 6.42 Å². The Hall–Kier alpha value is -1.59. The molecule has 0 aliphatic heterocycles. The lowest BCUT2D eigenvalue weighted by Crippen LogP contribution is -2.41. The number of carbonyl (C=O) groups is 3. The molecule has 6 nitrogen and oxygen atoms in total. The first-order valence-electron chi connectivity index (χ1n) is 7.04. The van der Waals surface area contributed by atoms with Gasteiger partial charge in [0.05, 0.1) is 12.5 Å². The zero-order valence-electron chi connectivity index (χ0n) is 14.0. The van der Waals surface area contributed by atoms with Crippen molar-refractivity contribution in [3.05, 3.63) is 0 Å². The zero-order valence-corrected chi connectivity index (χ0v) is 14.0. The van der Waals surface area contributed by atoms with Gasteiger partial charge < -0.3 is 14.8 Å². The van der Waals surface area contributed by atoms with E-state index in [1.807, 2.05) is 0 Å². The van der Waals surface area contributed by atoms with Gasteiger partial charge in [-0.1, -0.05) is 0 Å². The third-order valence-electron chi connectivity index (χ3n) is 2.21. The second kappa shape index (κ2) is 7.43. The van der Waals surface area contributed by atoms with Crippen molar-refractivity contribution in [1.82, 2.24) is 5.32 Å². The van der Waals surface area contributed by atoms with Gasteiger partial charge in [-0.2, -0.15) is 0 Å². The fraction of sp³-hybridized carbons (Fsp3) is 0.800. The van der Waals surface area contributed by atoms with E-state index < -0.39 is 29.3 Å². The van der Waals surface area contributed by atoms with E-state index in [0.717, 1.165) is 0 Å². The Bertz CT molecular complexity index is 390. The molecule has 21 heavy (non-hydrogen) atoms. The van der Waals surface area contributed by atoms with Gasteiger partial charge in [0.1, 0.15) is 11.2 Å². The van der Waals surface area contributed by atoms with Crippen molar-refractivity contribution < 1.29 is 23.9 Å². The number of hydrogen-bond donors (Lipinski definition) is 1. The van der Waals surface area contributed by atoms with Crippen LogP contribution in [0.1, 0.15) is 61.3 Å². The maximum atomic E-state index is 11.8. The van der Waals surface area contributed by atoms with Crippen LogP contribution in [-0.2, 0) is 19.1 Å². The number of rotatable bonds is 5. The summed E-state index contributed by atoms with van der Waals surface area (Å²) in [5.41, 5.74) is -1.19. The minimum atomic E-state index is -0.706. The second-order valence-corrected chi connectivity index (χ2v) is 6.92. The molecule has 6 heteroatoms. The van der Waals surface area contributed by atoms with Crippen molar-refractivity contribution in [3.8, 4) is 0 Å². The van der Waals surface area contributed by atoms with Crippen LogP contribution in [-0.4, -0.2) is 35.1 Å². The van der Waals surface area contributed by atoms with Crippen molar-refractivity contribution in [2.75, 3.05) is 0 Å². The highest BCUT2D eigenvalue weighted by Crippen LogP contribution is 2.10. The molecule has 1 atom stereocenters. The second-order valence-electron chi connectivity index (χ2n) is 6.92. The van der Waals surface area contributed by atoms with Gasteiger partial charge in [-0.05, 0) is 48.5 Å². The molecule has 1 N–H and O–H groups in total. The number of carbonyl (C=O) groups excluding carboxylic acids is 3. The fourth-order valence-corrected chi connectivity index (χ4v) is 1.40. The highest BCUT2D eigenvalue weighted by Gasteiger charge is 2.22. The number of nitrogens with one attached hydrogen (secondary N) is 1. The van der Waals surface area contributed by atoms with Gasteiger partial charge in [0.15, 0.2) is 5.78 Å². The molecule has 1 unspecified atom stereocenters. The molecule has 0 fully saturated rings. The number of ether oxygens (including phenoxy) is 2. The standard InChI is InChI=1S/C15H27NO5/c1-10(16-13(19)21-15(5,6)7)11(17)8-9-12(18)20-14(2,3)4/h10H,8-9H2,1-7H3,(H,16,19). The predicted molar refractivity (Wildman–Crippen MR) is 78.9 cm³/mol. The summed E-state index contributed by atoms with van der Waals surface area (Å²) in [6, 6.07) is -0.706. The van der Waals surface area contributed by atoms with E-state index in [2.05, 4.69) is 5.32 Å². The van der Waals surface area contributed by atoms with Crippen LogP contribution in [0.4, 0.5) is 4.79 Å². The van der Waals surface area contributed by atoms with Crippen LogP contribution >= 0.6 is 0 Å². The molecule has 0 bridgehead atoms. The number of ketones is 1. The van der Waals surface area contributed by atoms with Gasteiger partial charge in [0.25, 0.3) is 0 Å². The molecule has 122 valence electrons. The minimum absolute atomic E-state index is 0.00353. The lowest BCUT2D eigenvalue weighted by molar-refractivity contribution is -0.155. The van der Waals surface area contributed by atoms with E-state index in [1.165, 1.54) is 0 Å². The quantitative estimate of drug-likeness (QED) is 0.789. The lowest BCUT2D eigenvalue weighted by Gasteiger charge is -2.22. The summed E-state index contributed by atoms with van der Waals surface area (Å²) < 4.78 is 10.2. The molecule has 0 aliphatic rings. The maximum Gasteiger partial charge on any atom is 0.408 e. The molecule has 0 aromatic heterocycles. The zero-order chi connectivity index (χ0) is 16.8. The topological polar surface area (TPSA) is 81.7 Å². The molecule has 0 saturated heterocycles. The van der Waals surface area contributed by atoms with Gasteiger partial charge in [-0.25, -0.2) is 4.79 Å². The van der Waals surface area contributed by atoms with E-state index in [-0.39, 0.29) is 18.6 Å². The van der Waals surface area contributed by atoms with Crippen molar-refractivity contribution >= 4 is 17.8 Å². The molecule has 0 spiro atoms. The third-order valence-corrected chi connectivity index (χ3v) is 2.21. The Morgan fingerprint density at radius 2 is 1.38 bits per heavy atom. The average molecular weight is 301 g/mol. The van der Waals surface area contributed by atoms with Gasteiger partial charge in [-0.15, -0.1) is 0 Å². The molecular weight excluding hydrogens is 274 g/mol. The van der Waals surface area contributed by atoms with Gasteiger partial charge in [0.2, 0.25) is 0 Å². The normalized spacial score (nSPS) is 13.3. The summed E-state index contributed by atoms with van der Waals surface area (Å²) in [7, 11) is 0.